The van der Waals surface area contributed by atoms with E-state index in [-0.39, 0.29) is 18.4 Å². The topological polar surface area (TPSA) is 26.0 Å². The van der Waals surface area contributed by atoms with Gasteiger partial charge in [-0.2, -0.15) is 0 Å². The molecule has 0 unspecified atom stereocenters. The van der Waals surface area contributed by atoms with E-state index in [0.717, 1.165) is 27.4 Å². The second kappa shape index (κ2) is 7.44. The van der Waals surface area contributed by atoms with Crippen LogP contribution in [0.25, 0.3) is 0 Å². The molecule has 0 heterocycles. The van der Waals surface area contributed by atoms with Crippen LogP contribution in [0.3, 0.4) is 0 Å². The highest BCUT2D eigenvalue weighted by molar-refractivity contribution is 9.11. The largest absolute Gasteiger partial charge is 0.324 e. The molecule has 0 spiro atoms. The first-order valence-corrected chi connectivity index (χ1v) is 6.05. The Morgan fingerprint density at radius 3 is 2.67 bits per heavy atom. The first kappa shape index (κ1) is 15.2. The Bertz CT molecular complexity index is 328. The Balaban J connectivity index is 0.00000196. The summed E-state index contributed by atoms with van der Waals surface area (Å²) < 4.78 is 2.13. The molecule has 1 aromatic rings. The smallest absolute Gasteiger partial charge is 0.0309 e. The lowest BCUT2D eigenvalue weighted by molar-refractivity contribution is 0.658. The van der Waals surface area contributed by atoms with E-state index >= 15 is 0 Å². The normalized spacial score (nSPS) is 11.7. The monoisotopic (exact) mass is 353 g/mol. The van der Waals surface area contributed by atoms with Gasteiger partial charge in [0.25, 0.3) is 0 Å². The molecule has 0 aliphatic carbocycles. The molecule has 0 bridgehead atoms. The Hall–Kier alpha value is 0.170. The zero-order valence-electron chi connectivity index (χ0n) is 8.25. The molecule has 4 heteroatoms. The van der Waals surface area contributed by atoms with Crippen LogP contribution in [-0.2, 0) is 0 Å². The fourth-order valence-corrected chi connectivity index (χ4v) is 2.17. The van der Waals surface area contributed by atoms with E-state index in [4.69, 9.17) is 5.73 Å². The lowest BCUT2D eigenvalue weighted by atomic mass is 10.0. The number of nitrogens with two attached hydrogens (primary N) is 1. The Morgan fingerprint density at radius 2 is 2.07 bits per heavy atom. The van der Waals surface area contributed by atoms with Gasteiger partial charge >= 0.3 is 0 Å². The van der Waals surface area contributed by atoms with Gasteiger partial charge in [-0.3, -0.25) is 0 Å². The minimum absolute atomic E-state index is 0. The molecule has 84 valence electrons. The summed E-state index contributed by atoms with van der Waals surface area (Å²) in [6, 6.07) is 6.12. The van der Waals surface area contributed by atoms with Crippen LogP contribution in [0.1, 0.15) is 24.4 Å². The molecule has 0 saturated carbocycles. The van der Waals surface area contributed by atoms with Gasteiger partial charge in [-0.1, -0.05) is 37.9 Å². The SMILES string of the molecule is C=CCC[C@H](N)c1cc(Br)ccc1Br.Cl. The molecule has 0 aromatic heterocycles. The van der Waals surface area contributed by atoms with Crippen molar-refractivity contribution < 1.29 is 0 Å². The molecule has 1 nitrogen and oxygen atoms in total. The fourth-order valence-electron chi connectivity index (χ4n) is 1.25. The average Bonchev–Trinajstić information content (AvgIpc) is 2.18. The second-order valence-corrected chi connectivity index (χ2v) is 4.91. The zero-order valence-corrected chi connectivity index (χ0v) is 12.2. The number of rotatable bonds is 4. The fraction of sp³-hybridized carbons (Fsp3) is 0.273. The Labute approximate surface area is 114 Å². The zero-order chi connectivity index (χ0) is 10.6. The van der Waals surface area contributed by atoms with Crippen LogP contribution in [0.15, 0.2) is 39.8 Å². The van der Waals surface area contributed by atoms with E-state index in [0.29, 0.717) is 0 Å². The van der Waals surface area contributed by atoms with Gasteiger partial charge < -0.3 is 5.73 Å². The molecule has 15 heavy (non-hydrogen) atoms. The van der Waals surface area contributed by atoms with Gasteiger partial charge in [0.15, 0.2) is 0 Å². The number of hydrogen-bond acceptors (Lipinski definition) is 1. The Kier molecular flexibility index (Phi) is 7.53. The second-order valence-electron chi connectivity index (χ2n) is 3.14. The summed E-state index contributed by atoms with van der Waals surface area (Å²) in [6.07, 6.45) is 3.77. The average molecular weight is 356 g/mol. The van der Waals surface area contributed by atoms with Crippen LogP contribution in [0.4, 0.5) is 0 Å². The molecule has 1 aromatic carbocycles. The van der Waals surface area contributed by atoms with Crippen molar-refractivity contribution in [3.63, 3.8) is 0 Å². The van der Waals surface area contributed by atoms with Crippen LogP contribution in [0.5, 0.6) is 0 Å². The van der Waals surface area contributed by atoms with Crippen molar-refractivity contribution in [2.24, 2.45) is 5.73 Å². The van der Waals surface area contributed by atoms with Crippen molar-refractivity contribution in [2.45, 2.75) is 18.9 Å². The van der Waals surface area contributed by atoms with Gasteiger partial charge in [-0.05, 0) is 36.6 Å². The minimum atomic E-state index is 0. The van der Waals surface area contributed by atoms with E-state index in [1.165, 1.54) is 0 Å². The van der Waals surface area contributed by atoms with E-state index in [9.17, 15) is 0 Å². The minimum Gasteiger partial charge on any atom is -0.324 e. The van der Waals surface area contributed by atoms with Gasteiger partial charge in [0, 0.05) is 15.0 Å². The van der Waals surface area contributed by atoms with Crippen molar-refractivity contribution in [3.8, 4) is 0 Å². The van der Waals surface area contributed by atoms with Crippen LogP contribution in [0, 0.1) is 0 Å². The highest BCUT2D eigenvalue weighted by Crippen LogP contribution is 2.27. The predicted molar refractivity (Wildman–Crippen MR) is 75.4 cm³/mol. The molecular weight excluding hydrogens is 341 g/mol. The van der Waals surface area contributed by atoms with Crippen molar-refractivity contribution >= 4 is 44.3 Å². The molecule has 0 fully saturated rings. The summed E-state index contributed by atoms with van der Waals surface area (Å²) in [6.45, 7) is 3.69. The lowest BCUT2D eigenvalue weighted by Gasteiger charge is -2.13. The summed E-state index contributed by atoms with van der Waals surface area (Å²) >= 11 is 6.93. The summed E-state index contributed by atoms with van der Waals surface area (Å²) in [4.78, 5) is 0. The van der Waals surface area contributed by atoms with Gasteiger partial charge in [-0.25, -0.2) is 0 Å². The molecule has 0 aliphatic rings. The highest BCUT2D eigenvalue weighted by Gasteiger charge is 2.09. The summed E-state index contributed by atoms with van der Waals surface area (Å²) in [5, 5.41) is 0. The summed E-state index contributed by atoms with van der Waals surface area (Å²) in [7, 11) is 0. The van der Waals surface area contributed by atoms with Crippen LogP contribution >= 0.6 is 44.3 Å². The van der Waals surface area contributed by atoms with E-state index < -0.39 is 0 Å². The Morgan fingerprint density at radius 1 is 1.40 bits per heavy atom. The predicted octanol–water partition coefficient (Wildman–Crippen LogP) is 4.60. The van der Waals surface area contributed by atoms with Gasteiger partial charge in [-0.15, -0.1) is 19.0 Å². The van der Waals surface area contributed by atoms with Crippen LogP contribution < -0.4 is 5.73 Å². The van der Waals surface area contributed by atoms with Crippen LogP contribution in [-0.4, -0.2) is 0 Å². The molecule has 2 N–H and O–H groups in total. The third kappa shape index (κ3) is 4.68. The third-order valence-corrected chi connectivity index (χ3v) is 3.25. The maximum absolute atomic E-state index is 6.05. The van der Waals surface area contributed by atoms with E-state index in [1.54, 1.807) is 0 Å². The molecule has 0 saturated heterocycles. The molecule has 0 amide bonds. The van der Waals surface area contributed by atoms with E-state index in [2.05, 4.69) is 44.5 Å². The van der Waals surface area contributed by atoms with Crippen molar-refractivity contribution in [3.05, 3.63) is 45.4 Å². The molecule has 0 aliphatic heterocycles. The standard InChI is InChI=1S/C11H13Br2N.ClH/c1-2-3-4-11(14)9-7-8(12)5-6-10(9)13;/h2,5-7,11H,1,3-4,14H2;1H/t11-;/m0./s1. The highest BCUT2D eigenvalue weighted by atomic mass is 79.9. The number of hydrogen-bond donors (Lipinski definition) is 1. The summed E-state index contributed by atoms with van der Waals surface area (Å²) in [5.41, 5.74) is 7.19. The molecular formula is C11H14Br2ClN. The van der Waals surface area contributed by atoms with Crippen LogP contribution in [0.2, 0.25) is 0 Å². The molecule has 1 atom stereocenters. The maximum Gasteiger partial charge on any atom is 0.0309 e. The number of halogens is 3. The first-order chi connectivity index (χ1) is 6.65. The van der Waals surface area contributed by atoms with Gasteiger partial charge in [0.05, 0.1) is 0 Å². The maximum atomic E-state index is 6.05. The number of benzene rings is 1. The van der Waals surface area contributed by atoms with E-state index in [1.807, 2.05) is 18.2 Å². The first-order valence-electron chi connectivity index (χ1n) is 4.46. The third-order valence-electron chi connectivity index (χ3n) is 2.04. The van der Waals surface area contributed by atoms with Crippen molar-refractivity contribution in [2.75, 3.05) is 0 Å². The molecule has 0 radical (unpaired) electrons. The van der Waals surface area contributed by atoms with Crippen molar-refractivity contribution in [1.82, 2.24) is 0 Å². The van der Waals surface area contributed by atoms with Crippen molar-refractivity contribution in [1.29, 1.82) is 0 Å². The number of allylic oxidation sites excluding steroid dienone is 1. The van der Waals surface area contributed by atoms with Gasteiger partial charge in [0.1, 0.15) is 0 Å². The quantitative estimate of drug-likeness (QED) is 0.785. The van der Waals surface area contributed by atoms with Gasteiger partial charge in [0.2, 0.25) is 0 Å². The molecule has 1 rings (SSSR count). The summed E-state index contributed by atoms with van der Waals surface area (Å²) in [5.74, 6) is 0. The lowest BCUT2D eigenvalue weighted by Crippen LogP contribution is -2.10.